The Morgan fingerprint density at radius 1 is 1.00 bits per heavy atom. The molecule has 35 heavy (non-hydrogen) atoms. The highest BCUT2D eigenvalue weighted by molar-refractivity contribution is 5.77. The second-order valence-corrected chi connectivity index (χ2v) is 9.07. The Bertz CT molecular complexity index is 981. The van der Waals surface area contributed by atoms with Gasteiger partial charge in [0.15, 0.2) is 0 Å². The molecule has 192 valence electrons. The van der Waals surface area contributed by atoms with Crippen LogP contribution in [0.3, 0.4) is 0 Å². The highest BCUT2D eigenvalue weighted by Crippen LogP contribution is 2.23. The number of halogens is 2. The van der Waals surface area contributed by atoms with Gasteiger partial charge in [-0.25, -0.2) is 13.6 Å². The molecule has 7 heteroatoms. The Labute approximate surface area is 207 Å². The van der Waals surface area contributed by atoms with Gasteiger partial charge in [0.25, 0.3) is 0 Å². The second-order valence-electron chi connectivity index (χ2n) is 9.07. The van der Waals surface area contributed by atoms with Crippen LogP contribution in [-0.2, 0) is 22.4 Å². The van der Waals surface area contributed by atoms with Crippen LogP contribution in [0.2, 0.25) is 0 Å². The molecule has 1 amide bonds. The van der Waals surface area contributed by atoms with Gasteiger partial charge in [-0.1, -0.05) is 51.3 Å². The summed E-state index contributed by atoms with van der Waals surface area (Å²) in [6.45, 7) is 6.17. The molecule has 1 unspecified atom stereocenters. The van der Waals surface area contributed by atoms with Crippen LogP contribution in [0, 0.1) is 11.6 Å². The SMILES string of the molecule is CCCCCCC(=O)N(CCc1cccc(OC(C)(CC)C(=O)O)c1)CCc1ccc(F)cc1F. The molecule has 2 aromatic rings. The summed E-state index contributed by atoms with van der Waals surface area (Å²) >= 11 is 0. The van der Waals surface area contributed by atoms with Gasteiger partial charge >= 0.3 is 5.97 Å². The molecule has 2 rings (SSSR count). The van der Waals surface area contributed by atoms with E-state index in [0.29, 0.717) is 50.1 Å². The standard InChI is InChI=1S/C28H37F2NO4/c1-4-6-7-8-12-26(32)31(18-16-22-13-14-23(29)20-25(22)30)17-15-21-10-9-11-24(19-21)35-28(3,5-2)27(33)34/h9-11,13-14,19-20H,4-8,12,15-18H2,1-3H3,(H,33,34). The molecular formula is C28H37F2NO4. The third kappa shape index (κ3) is 8.96. The van der Waals surface area contributed by atoms with Gasteiger partial charge in [-0.3, -0.25) is 4.79 Å². The number of amides is 1. The van der Waals surface area contributed by atoms with Crippen LogP contribution in [-0.4, -0.2) is 40.6 Å². The lowest BCUT2D eigenvalue weighted by Gasteiger charge is -2.25. The number of nitrogens with zero attached hydrogens (tertiary/aromatic N) is 1. The van der Waals surface area contributed by atoms with Crippen molar-refractivity contribution < 1.29 is 28.2 Å². The summed E-state index contributed by atoms with van der Waals surface area (Å²) in [6, 6.07) is 10.7. The maximum Gasteiger partial charge on any atom is 0.347 e. The lowest BCUT2D eigenvalue weighted by Crippen LogP contribution is -2.40. The van der Waals surface area contributed by atoms with Gasteiger partial charge in [0.1, 0.15) is 17.4 Å². The zero-order valence-corrected chi connectivity index (χ0v) is 21.0. The first kappa shape index (κ1) is 28.3. The summed E-state index contributed by atoms with van der Waals surface area (Å²) < 4.78 is 33.1. The zero-order valence-electron chi connectivity index (χ0n) is 21.0. The number of ether oxygens (including phenoxy) is 1. The topological polar surface area (TPSA) is 66.8 Å². The van der Waals surface area contributed by atoms with Crippen LogP contribution in [0.25, 0.3) is 0 Å². The van der Waals surface area contributed by atoms with Crippen molar-refractivity contribution in [1.29, 1.82) is 0 Å². The number of carbonyl (C=O) groups is 2. The van der Waals surface area contributed by atoms with Crippen molar-refractivity contribution in [2.24, 2.45) is 0 Å². The maximum atomic E-state index is 14.1. The van der Waals surface area contributed by atoms with Gasteiger partial charge in [0, 0.05) is 25.6 Å². The van der Waals surface area contributed by atoms with E-state index in [1.165, 1.54) is 19.1 Å². The van der Waals surface area contributed by atoms with Crippen molar-refractivity contribution in [1.82, 2.24) is 4.90 Å². The minimum atomic E-state index is -1.32. The number of aliphatic carboxylic acids is 1. The molecule has 0 heterocycles. The number of unbranched alkanes of at least 4 members (excludes halogenated alkanes) is 3. The molecule has 1 atom stereocenters. The molecule has 0 bridgehead atoms. The predicted molar refractivity (Wildman–Crippen MR) is 133 cm³/mol. The fourth-order valence-corrected chi connectivity index (χ4v) is 3.76. The number of rotatable bonds is 15. The number of hydrogen-bond donors (Lipinski definition) is 1. The predicted octanol–water partition coefficient (Wildman–Crippen LogP) is 6.18. The van der Waals surface area contributed by atoms with Gasteiger partial charge in [-0.2, -0.15) is 0 Å². The first-order chi connectivity index (χ1) is 16.7. The van der Waals surface area contributed by atoms with Crippen molar-refractivity contribution in [2.45, 2.75) is 77.7 Å². The largest absolute Gasteiger partial charge is 0.478 e. The maximum absolute atomic E-state index is 14.1. The van der Waals surface area contributed by atoms with Crippen molar-refractivity contribution in [2.75, 3.05) is 13.1 Å². The van der Waals surface area contributed by atoms with Crippen LogP contribution in [0.1, 0.15) is 70.4 Å². The molecule has 0 saturated heterocycles. The molecule has 1 N–H and O–H groups in total. The quantitative estimate of drug-likeness (QED) is 0.303. The van der Waals surface area contributed by atoms with Crippen molar-refractivity contribution in [3.8, 4) is 5.75 Å². The summed E-state index contributed by atoms with van der Waals surface area (Å²) in [7, 11) is 0. The summed E-state index contributed by atoms with van der Waals surface area (Å²) in [4.78, 5) is 26.2. The molecule has 0 spiro atoms. The lowest BCUT2D eigenvalue weighted by atomic mass is 10.0. The number of carboxylic acid groups (broad SMARTS) is 1. The summed E-state index contributed by atoms with van der Waals surface area (Å²) in [6.07, 6.45) is 5.54. The van der Waals surface area contributed by atoms with Crippen molar-refractivity contribution in [3.63, 3.8) is 0 Å². The third-order valence-electron chi connectivity index (χ3n) is 6.30. The summed E-state index contributed by atoms with van der Waals surface area (Å²) in [5.41, 5.74) is -0.0422. The highest BCUT2D eigenvalue weighted by atomic mass is 19.1. The van der Waals surface area contributed by atoms with E-state index in [1.807, 2.05) is 6.07 Å². The number of carboxylic acids is 1. The fraction of sp³-hybridized carbons (Fsp3) is 0.500. The van der Waals surface area contributed by atoms with Crippen molar-refractivity contribution >= 4 is 11.9 Å². The van der Waals surface area contributed by atoms with Gasteiger partial charge in [-0.05, 0) is 61.9 Å². The molecule has 0 saturated carbocycles. The average Bonchev–Trinajstić information content (AvgIpc) is 2.82. The smallest absolute Gasteiger partial charge is 0.347 e. The molecule has 0 fully saturated rings. The van der Waals surface area contributed by atoms with Gasteiger partial charge in [0.05, 0.1) is 0 Å². The van der Waals surface area contributed by atoms with E-state index < -0.39 is 23.2 Å². The molecular weight excluding hydrogens is 452 g/mol. The second kappa shape index (κ2) is 13.8. The van der Waals surface area contributed by atoms with Gasteiger partial charge < -0.3 is 14.7 Å². The van der Waals surface area contributed by atoms with E-state index in [2.05, 4.69) is 6.92 Å². The Kier molecular flexibility index (Phi) is 11.2. The monoisotopic (exact) mass is 489 g/mol. The molecule has 2 aromatic carbocycles. The number of carbonyl (C=O) groups excluding carboxylic acids is 1. The molecule has 0 aliphatic rings. The average molecular weight is 490 g/mol. The fourth-order valence-electron chi connectivity index (χ4n) is 3.76. The van der Waals surface area contributed by atoms with Gasteiger partial charge in [-0.15, -0.1) is 0 Å². The summed E-state index contributed by atoms with van der Waals surface area (Å²) in [5.74, 6) is -1.79. The Morgan fingerprint density at radius 3 is 2.40 bits per heavy atom. The van der Waals surface area contributed by atoms with E-state index in [-0.39, 0.29) is 5.91 Å². The number of benzene rings is 2. The first-order valence-electron chi connectivity index (χ1n) is 12.4. The minimum absolute atomic E-state index is 0.0143. The van der Waals surface area contributed by atoms with E-state index in [0.717, 1.165) is 37.3 Å². The number of hydrogen-bond acceptors (Lipinski definition) is 3. The van der Waals surface area contributed by atoms with Gasteiger partial charge in [0.2, 0.25) is 11.5 Å². The molecule has 5 nitrogen and oxygen atoms in total. The summed E-state index contributed by atoms with van der Waals surface area (Å²) in [5, 5.41) is 9.48. The lowest BCUT2D eigenvalue weighted by molar-refractivity contribution is -0.154. The Balaban J connectivity index is 2.08. The molecule has 0 aliphatic heterocycles. The van der Waals surface area contributed by atoms with E-state index in [9.17, 15) is 23.5 Å². The van der Waals surface area contributed by atoms with E-state index >= 15 is 0 Å². The van der Waals surface area contributed by atoms with Crippen LogP contribution in [0.4, 0.5) is 8.78 Å². The van der Waals surface area contributed by atoms with E-state index in [4.69, 9.17) is 4.74 Å². The molecule has 0 radical (unpaired) electrons. The third-order valence-corrected chi connectivity index (χ3v) is 6.30. The normalized spacial score (nSPS) is 12.7. The molecule has 0 aromatic heterocycles. The Morgan fingerprint density at radius 2 is 1.74 bits per heavy atom. The van der Waals surface area contributed by atoms with Crippen LogP contribution in [0.15, 0.2) is 42.5 Å². The van der Waals surface area contributed by atoms with Crippen LogP contribution < -0.4 is 4.74 Å². The highest BCUT2D eigenvalue weighted by Gasteiger charge is 2.33. The zero-order chi connectivity index (χ0) is 25.8. The Hall–Kier alpha value is -2.96. The molecule has 0 aliphatic carbocycles. The van der Waals surface area contributed by atoms with Crippen LogP contribution in [0.5, 0.6) is 5.75 Å². The minimum Gasteiger partial charge on any atom is -0.478 e. The van der Waals surface area contributed by atoms with Crippen LogP contribution >= 0.6 is 0 Å². The first-order valence-corrected chi connectivity index (χ1v) is 12.4. The van der Waals surface area contributed by atoms with Crippen molar-refractivity contribution in [3.05, 3.63) is 65.2 Å². The van der Waals surface area contributed by atoms with E-state index in [1.54, 1.807) is 30.0 Å².